The Morgan fingerprint density at radius 2 is 2.17 bits per heavy atom. The lowest BCUT2D eigenvalue weighted by atomic mass is 10.3. The van der Waals surface area contributed by atoms with Crippen molar-refractivity contribution in [1.82, 2.24) is 15.1 Å². The van der Waals surface area contributed by atoms with Gasteiger partial charge in [-0.2, -0.15) is 4.98 Å². The van der Waals surface area contributed by atoms with Gasteiger partial charge < -0.3 is 14.4 Å². The second-order valence-corrected chi connectivity index (χ2v) is 3.80. The lowest BCUT2D eigenvalue weighted by Crippen LogP contribution is -2.02. The molecule has 0 aliphatic rings. The van der Waals surface area contributed by atoms with Gasteiger partial charge in [0.2, 0.25) is 11.7 Å². The summed E-state index contributed by atoms with van der Waals surface area (Å²) < 4.78 is 10.5. The van der Waals surface area contributed by atoms with E-state index >= 15 is 0 Å². The van der Waals surface area contributed by atoms with Crippen LogP contribution in [0.15, 0.2) is 16.7 Å². The van der Waals surface area contributed by atoms with Gasteiger partial charge in [0, 0.05) is 12.1 Å². The van der Waals surface area contributed by atoms with Gasteiger partial charge in [0.1, 0.15) is 11.4 Å². The Bertz CT molecular complexity index is 525. The molecule has 2 heterocycles. The number of hydrogen-bond donors (Lipinski definition) is 1. The molecule has 6 nitrogen and oxygen atoms in total. The summed E-state index contributed by atoms with van der Waals surface area (Å²) in [7, 11) is 0. The molecule has 0 saturated heterocycles. The fourth-order valence-corrected chi connectivity index (χ4v) is 1.48. The molecular weight excluding hydrogens is 234 g/mol. The van der Waals surface area contributed by atoms with Crippen LogP contribution in [0.5, 0.6) is 5.75 Å². The number of aromatic nitrogens is 3. The predicted molar refractivity (Wildman–Crippen MR) is 62.9 cm³/mol. The summed E-state index contributed by atoms with van der Waals surface area (Å²) in [5.41, 5.74) is 1.34. The molecule has 0 fully saturated rings. The van der Waals surface area contributed by atoms with Crippen molar-refractivity contribution >= 4 is 0 Å². The van der Waals surface area contributed by atoms with Gasteiger partial charge in [0.15, 0.2) is 6.61 Å². The maximum atomic E-state index is 9.19. The number of pyridine rings is 1. The first-order chi connectivity index (χ1) is 8.72. The van der Waals surface area contributed by atoms with Gasteiger partial charge >= 0.3 is 0 Å². The van der Waals surface area contributed by atoms with E-state index in [1.165, 1.54) is 0 Å². The SMILES string of the molecule is CCc1nc(COc2ccc(C)nc2CO)no1. The highest BCUT2D eigenvalue weighted by Gasteiger charge is 2.08. The maximum Gasteiger partial charge on any atom is 0.226 e. The molecule has 2 aromatic heterocycles. The zero-order valence-corrected chi connectivity index (χ0v) is 10.4. The van der Waals surface area contributed by atoms with E-state index in [2.05, 4.69) is 15.1 Å². The van der Waals surface area contributed by atoms with Gasteiger partial charge in [0.25, 0.3) is 0 Å². The van der Waals surface area contributed by atoms with Crippen LogP contribution in [-0.4, -0.2) is 20.2 Å². The summed E-state index contributed by atoms with van der Waals surface area (Å²) in [5.74, 6) is 1.60. The molecule has 0 aromatic carbocycles. The van der Waals surface area contributed by atoms with Crippen molar-refractivity contribution < 1.29 is 14.4 Å². The third-order valence-corrected chi connectivity index (χ3v) is 2.39. The maximum absolute atomic E-state index is 9.19. The number of aliphatic hydroxyl groups is 1. The van der Waals surface area contributed by atoms with Crippen LogP contribution in [-0.2, 0) is 19.6 Å². The summed E-state index contributed by atoms with van der Waals surface area (Å²) >= 11 is 0. The third-order valence-electron chi connectivity index (χ3n) is 2.39. The Morgan fingerprint density at radius 3 is 2.83 bits per heavy atom. The summed E-state index contributed by atoms with van der Waals surface area (Å²) in [5, 5.41) is 13.0. The number of hydrogen-bond acceptors (Lipinski definition) is 6. The first-order valence-electron chi connectivity index (χ1n) is 5.74. The fraction of sp³-hybridized carbons (Fsp3) is 0.417. The number of rotatable bonds is 5. The molecule has 2 rings (SSSR count). The molecule has 0 radical (unpaired) electrons. The van der Waals surface area contributed by atoms with E-state index in [1.54, 1.807) is 6.07 Å². The zero-order chi connectivity index (χ0) is 13.0. The quantitative estimate of drug-likeness (QED) is 0.862. The van der Waals surface area contributed by atoms with Crippen LogP contribution in [0.4, 0.5) is 0 Å². The molecule has 96 valence electrons. The van der Waals surface area contributed by atoms with Crippen molar-refractivity contribution in [2.75, 3.05) is 0 Å². The van der Waals surface area contributed by atoms with Gasteiger partial charge in [0.05, 0.1) is 6.61 Å². The normalized spacial score (nSPS) is 10.6. The number of aryl methyl sites for hydroxylation is 2. The summed E-state index contributed by atoms with van der Waals surface area (Å²) in [6.07, 6.45) is 0.695. The van der Waals surface area contributed by atoms with Gasteiger partial charge in [-0.3, -0.25) is 4.98 Å². The Morgan fingerprint density at radius 1 is 1.33 bits per heavy atom. The zero-order valence-electron chi connectivity index (χ0n) is 10.4. The Hall–Kier alpha value is -1.95. The summed E-state index contributed by atoms with van der Waals surface area (Å²) in [4.78, 5) is 8.32. The first kappa shape index (κ1) is 12.5. The topological polar surface area (TPSA) is 81.3 Å². The largest absolute Gasteiger partial charge is 0.483 e. The van der Waals surface area contributed by atoms with Gasteiger partial charge in [-0.25, -0.2) is 0 Å². The minimum absolute atomic E-state index is 0.163. The smallest absolute Gasteiger partial charge is 0.226 e. The molecule has 0 spiro atoms. The van der Waals surface area contributed by atoms with Crippen molar-refractivity contribution in [2.45, 2.75) is 33.5 Å². The predicted octanol–water partition coefficient (Wildman–Crippen LogP) is 1.41. The summed E-state index contributed by atoms with van der Waals surface area (Å²) in [6.45, 7) is 3.83. The molecule has 6 heteroatoms. The molecule has 0 amide bonds. The van der Waals surface area contributed by atoms with Crippen LogP contribution in [0.1, 0.15) is 30.0 Å². The van der Waals surface area contributed by atoms with Gasteiger partial charge in [-0.15, -0.1) is 0 Å². The minimum atomic E-state index is -0.163. The standard InChI is InChI=1S/C12H15N3O3/c1-3-12-14-11(15-18-12)7-17-10-5-4-8(2)13-9(10)6-16/h4-5,16H,3,6-7H2,1-2H3. The minimum Gasteiger partial charge on any atom is -0.483 e. The second-order valence-electron chi connectivity index (χ2n) is 3.80. The van der Waals surface area contributed by atoms with E-state index in [0.29, 0.717) is 29.6 Å². The average Bonchev–Trinajstić information content (AvgIpc) is 2.85. The lowest BCUT2D eigenvalue weighted by molar-refractivity contribution is 0.247. The average molecular weight is 249 g/mol. The molecule has 0 atom stereocenters. The van der Waals surface area contributed by atoms with Crippen molar-refractivity contribution in [3.8, 4) is 5.75 Å². The van der Waals surface area contributed by atoms with Crippen molar-refractivity contribution in [3.05, 3.63) is 35.2 Å². The van der Waals surface area contributed by atoms with Gasteiger partial charge in [-0.1, -0.05) is 12.1 Å². The van der Waals surface area contributed by atoms with E-state index in [9.17, 15) is 5.11 Å². The number of nitrogens with zero attached hydrogens (tertiary/aromatic N) is 3. The fourth-order valence-electron chi connectivity index (χ4n) is 1.48. The van der Waals surface area contributed by atoms with E-state index < -0.39 is 0 Å². The molecule has 2 aromatic rings. The lowest BCUT2D eigenvalue weighted by Gasteiger charge is -2.07. The summed E-state index contributed by atoms with van der Waals surface area (Å²) in [6, 6.07) is 3.59. The van der Waals surface area contributed by atoms with E-state index in [4.69, 9.17) is 9.26 Å². The van der Waals surface area contributed by atoms with Crippen LogP contribution in [0.25, 0.3) is 0 Å². The highest BCUT2D eigenvalue weighted by molar-refractivity contribution is 5.28. The highest BCUT2D eigenvalue weighted by Crippen LogP contribution is 2.17. The first-order valence-corrected chi connectivity index (χ1v) is 5.74. The van der Waals surface area contributed by atoms with E-state index in [1.807, 2.05) is 19.9 Å². The van der Waals surface area contributed by atoms with Gasteiger partial charge in [-0.05, 0) is 19.1 Å². The third kappa shape index (κ3) is 2.84. The van der Waals surface area contributed by atoms with Crippen molar-refractivity contribution in [3.63, 3.8) is 0 Å². The van der Waals surface area contributed by atoms with E-state index in [0.717, 1.165) is 5.69 Å². The van der Waals surface area contributed by atoms with Crippen LogP contribution in [0.3, 0.4) is 0 Å². The molecule has 1 N–H and O–H groups in total. The molecule has 0 saturated carbocycles. The van der Waals surface area contributed by atoms with Crippen LogP contribution in [0, 0.1) is 6.92 Å². The molecule has 0 aliphatic carbocycles. The van der Waals surface area contributed by atoms with Crippen LogP contribution in [0.2, 0.25) is 0 Å². The molecule has 0 aliphatic heterocycles. The molecule has 18 heavy (non-hydrogen) atoms. The number of ether oxygens (including phenoxy) is 1. The second kappa shape index (κ2) is 5.59. The Kier molecular flexibility index (Phi) is 3.88. The monoisotopic (exact) mass is 249 g/mol. The Balaban J connectivity index is 2.05. The Labute approximate surface area is 105 Å². The molecule has 0 bridgehead atoms. The van der Waals surface area contributed by atoms with Crippen LogP contribution < -0.4 is 4.74 Å². The van der Waals surface area contributed by atoms with Crippen LogP contribution >= 0.6 is 0 Å². The van der Waals surface area contributed by atoms with Crippen molar-refractivity contribution in [2.24, 2.45) is 0 Å². The molecular formula is C12H15N3O3. The number of aliphatic hydroxyl groups excluding tert-OH is 1. The molecule has 0 unspecified atom stereocenters. The highest BCUT2D eigenvalue weighted by atomic mass is 16.5. The van der Waals surface area contributed by atoms with Crippen molar-refractivity contribution in [1.29, 1.82) is 0 Å². The van der Waals surface area contributed by atoms with E-state index in [-0.39, 0.29) is 13.2 Å².